The summed E-state index contributed by atoms with van der Waals surface area (Å²) in [6.45, 7) is 9.99. The largest absolute Gasteiger partial charge is 0.371 e. The molecule has 1 heterocycles. The van der Waals surface area contributed by atoms with Crippen LogP contribution in [0.5, 0.6) is 0 Å². The van der Waals surface area contributed by atoms with Gasteiger partial charge in [-0.25, -0.2) is 0 Å². The average molecular weight is 353 g/mol. The van der Waals surface area contributed by atoms with Crippen molar-refractivity contribution in [3.05, 3.63) is 28.2 Å². The zero-order valence-corrected chi connectivity index (χ0v) is 15.3. The zero-order valence-electron chi connectivity index (χ0n) is 13.7. The molecule has 2 rings (SSSR count). The Morgan fingerprint density at radius 1 is 1.05 bits per heavy atom. The van der Waals surface area contributed by atoms with Crippen molar-refractivity contribution in [3.63, 3.8) is 0 Å². The molecule has 1 aliphatic rings. The maximum absolute atomic E-state index is 3.63. The summed E-state index contributed by atoms with van der Waals surface area (Å²) in [6, 6.07) is 6.73. The van der Waals surface area contributed by atoms with Crippen LogP contribution in [0.2, 0.25) is 0 Å². The standard InChI is InChI=1S/C18H29BrN2/c1-18(2,3)20-14-15-13-16(19)9-10-17(15)21-11-7-5-4-6-8-12-21/h9-10,13,20H,4-8,11-12,14H2,1-3H3. The van der Waals surface area contributed by atoms with Crippen LogP contribution in [0.25, 0.3) is 0 Å². The van der Waals surface area contributed by atoms with Crippen molar-refractivity contribution in [2.24, 2.45) is 0 Å². The van der Waals surface area contributed by atoms with Crippen molar-refractivity contribution in [2.75, 3.05) is 18.0 Å². The molecule has 0 atom stereocenters. The van der Waals surface area contributed by atoms with Crippen LogP contribution in [0.3, 0.4) is 0 Å². The monoisotopic (exact) mass is 352 g/mol. The van der Waals surface area contributed by atoms with Crippen molar-refractivity contribution >= 4 is 21.6 Å². The summed E-state index contributed by atoms with van der Waals surface area (Å²) >= 11 is 3.62. The molecular weight excluding hydrogens is 324 g/mol. The molecule has 1 aromatic rings. The fraction of sp³-hybridized carbons (Fsp3) is 0.667. The molecule has 0 bridgehead atoms. The Morgan fingerprint density at radius 2 is 1.67 bits per heavy atom. The highest BCUT2D eigenvalue weighted by Crippen LogP contribution is 2.27. The van der Waals surface area contributed by atoms with Crippen molar-refractivity contribution in [1.82, 2.24) is 5.32 Å². The van der Waals surface area contributed by atoms with Gasteiger partial charge in [0.1, 0.15) is 0 Å². The molecule has 0 spiro atoms. The second-order valence-electron chi connectivity index (χ2n) is 7.13. The molecule has 3 heteroatoms. The van der Waals surface area contributed by atoms with Gasteiger partial charge in [-0.2, -0.15) is 0 Å². The van der Waals surface area contributed by atoms with Gasteiger partial charge in [-0.05, 0) is 57.4 Å². The fourth-order valence-electron chi connectivity index (χ4n) is 2.85. The van der Waals surface area contributed by atoms with Gasteiger partial charge in [0, 0.05) is 35.3 Å². The van der Waals surface area contributed by atoms with Gasteiger partial charge in [0.2, 0.25) is 0 Å². The highest BCUT2D eigenvalue weighted by Gasteiger charge is 2.15. The van der Waals surface area contributed by atoms with Crippen LogP contribution in [0.1, 0.15) is 58.4 Å². The number of anilines is 1. The van der Waals surface area contributed by atoms with E-state index >= 15 is 0 Å². The Kier molecular flexibility index (Phi) is 6.12. The highest BCUT2D eigenvalue weighted by molar-refractivity contribution is 9.10. The Hall–Kier alpha value is -0.540. The van der Waals surface area contributed by atoms with Gasteiger partial charge in [0.15, 0.2) is 0 Å². The van der Waals surface area contributed by atoms with Crippen LogP contribution < -0.4 is 10.2 Å². The number of hydrogen-bond acceptors (Lipinski definition) is 2. The third-order valence-corrected chi connectivity index (χ3v) is 4.54. The van der Waals surface area contributed by atoms with Gasteiger partial charge >= 0.3 is 0 Å². The van der Waals surface area contributed by atoms with Crippen molar-refractivity contribution < 1.29 is 0 Å². The van der Waals surface area contributed by atoms with Crippen molar-refractivity contribution in [2.45, 2.75) is 65.0 Å². The number of rotatable bonds is 3. The third-order valence-electron chi connectivity index (χ3n) is 4.05. The van der Waals surface area contributed by atoms with Gasteiger partial charge < -0.3 is 10.2 Å². The summed E-state index contributed by atoms with van der Waals surface area (Å²) < 4.78 is 1.17. The molecule has 0 aromatic heterocycles. The first-order valence-corrected chi connectivity index (χ1v) is 9.03. The molecule has 1 aliphatic heterocycles. The molecular formula is C18H29BrN2. The lowest BCUT2D eigenvalue weighted by atomic mass is 10.0. The summed E-state index contributed by atoms with van der Waals surface area (Å²) in [7, 11) is 0. The van der Waals surface area contributed by atoms with Gasteiger partial charge in [0.05, 0.1) is 0 Å². The maximum Gasteiger partial charge on any atom is 0.0412 e. The van der Waals surface area contributed by atoms with E-state index in [1.807, 2.05) is 0 Å². The molecule has 1 N–H and O–H groups in total. The summed E-state index contributed by atoms with van der Waals surface area (Å²) in [6.07, 6.45) is 6.81. The van der Waals surface area contributed by atoms with Gasteiger partial charge in [-0.3, -0.25) is 0 Å². The van der Waals surface area contributed by atoms with Gasteiger partial charge in [0.25, 0.3) is 0 Å². The predicted octanol–water partition coefficient (Wildman–Crippen LogP) is 5.11. The molecule has 0 amide bonds. The van der Waals surface area contributed by atoms with E-state index in [2.05, 4.69) is 65.1 Å². The van der Waals surface area contributed by atoms with Crippen LogP contribution >= 0.6 is 15.9 Å². The van der Waals surface area contributed by atoms with Crippen LogP contribution in [0, 0.1) is 0 Å². The van der Waals surface area contributed by atoms with E-state index in [0.717, 1.165) is 6.54 Å². The molecule has 21 heavy (non-hydrogen) atoms. The third kappa shape index (κ3) is 5.63. The van der Waals surface area contributed by atoms with E-state index in [0.29, 0.717) is 0 Å². The Labute approximate surface area is 138 Å². The second-order valence-corrected chi connectivity index (χ2v) is 8.05. The molecule has 2 nitrogen and oxygen atoms in total. The molecule has 1 saturated heterocycles. The van der Waals surface area contributed by atoms with E-state index in [1.54, 1.807) is 0 Å². The number of halogens is 1. The van der Waals surface area contributed by atoms with Crippen LogP contribution in [-0.2, 0) is 6.54 Å². The predicted molar refractivity (Wildman–Crippen MR) is 96.0 cm³/mol. The van der Waals surface area contributed by atoms with E-state index in [-0.39, 0.29) is 5.54 Å². The van der Waals surface area contributed by atoms with E-state index in [1.165, 1.54) is 60.9 Å². The SMILES string of the molecule is CC(C)(C)NCc1cc(Br)ccc1N1CCCCCCC1. The minimum Gasteiger partial charge on any atom is -0.371 e. The lowest BCUT2D eigenvalue weighted by Gasteiger charge is -2.30. The number of benzene rings is 1. The van der Waals surface area contributed by atoms with E-state index in [9.17, 15) is 0 Å². The van der Waals surface area contributed by atoms with E-state index in [4.69, 9.17) is 0 Å². The van der Waals surface area contributed by atoms with E-state index < -0.39 is 0 Å². The molecule has 0 unspecified atom stereocenters. The first-order chi connectivity index (χ1) is 9.96. The van der Waals surface area contributed by atoms with Crippen LogP contribution in [0.15, 0.2) is 22.7 Å². The number of nitrogens with one attached hydrogen (secondary N) is 1. The van der Waals surface area contributed by atoms with Gasteiger partial charge in [-0.15, -0.1) is 0 Å². The summed E-state index contributed by atoms with van der Waals surface area (Å²) in [4.78, 5) is 2.59. The quantitative estimate of drug-likeness (QED) is 0.813. The smallest absolute Gasteiger partial charge is 0.0412 e. The minimum atomic E-state index is 0.149. The zero-order chi connectivity index (χ0) is 15.3. The summed E-state index contributed by atoms with van der Waals surface area (Å²) in [5.41, 5.74) is 2.97. The number of nitrogens with zero attached hydrogens (tertiary/aromatic N) is 1. The Bertz CT molecular complexity index is 443. The molecule has 118 valence electrons. The summed E-state index contributed by atoms with van der Waals surface area (Å²) in [5.74, 6) is 0. The Morgan fingerprint density at radius 3 is 2.29 bits per heavy atom. The summed E-state index contributed by atoms with van der Waals surface area (Å²) in [5, 5.41) is 3.63. The Balaban J connectivity index is 2.16. The molecule has 0 saturated carbocycles. The molecule has 1 aromatic carbocycles. The second kappa shape index (κ2) is 7.64. The first-order valence-electron chi connectivity index (χ1n) is 8.24. The number of hydrogen-bond donors (Lipinski definition) is 1. The lowest BCUT2D eigenvalue weighted by Crippen LogP contribution is -2.36. The topological polar surface area (TPSA) is 15.3 Å². The maximum atomic E-state index is 3.63. The van der Waals surface area contributed by atoms with Crippen LogP contribution in [-0.4, -0.2) is 18.6 Å². The highest BCUT2D eigenvalue weighted by atomic mass is 79.9. The lowest BCUT2D eigenvalue weighted by molar-refractivity contribution is 0.424. The molecule has 1 fully saturated rings. The van der Waals surface area contributed by atoms with Crippen molar-refractivity contribution in [3.8, 4) is 0 Å². The van der Waals surface area contributed by atoms with Crippen molar-refractivity contribution in [1.29, 1.82) is 0 Å². The molecule has 0 aliphatic carbocycles. The van der Waals surface area contributed by atoms with Crippen LogP contribution in [0.4, 0.5) is 5.69 Å². The van der Waals surface area contributed by atoms with Gasteiger partial charge in [-0.1, -0.05) is 35.2 Å². The average Bonchev–Trinajstić information content (AvgIpc) is 2.36. The first kappa shape index (κ1) is 16.8. The minimum absolute atomic E-state index is 0.149. The normalized spacial score (nSPS) is 17.4. The molecule has 0 radical (unpaired) electrons. The fourth-order valence-corrected chi connectivity index (χ4v) is 3.26.